The number of fused-ring (bicyclic) bond motifs is 1. The Hall–Kier alpha value is -4.52. The van der Waals surface area contributed by atoms with Crippen LogP contribution in [0.5, 0.6) is 0 Å². The molecule has 1 spiro atoms. The van der Waals surface area contributed by atoms with Gasteiger partial charge in [-0.05, 0) is 64.1 Å². The molecule has 2 saturated carbocycles. The summed E-state index contributed by atoms with van der Waals surface area (Å²) in [4.78, 5) is 53.6. The zero-order valence-electron chi connectivity index (χ0n) is 27.2. The van der Waals surface area contributed by atoms with Crippen LogP contribution in [0.1, 0.15) is 72.3 Å². The summed E-state index contributed by atoms with van der Waals surface area (Å²) in [5, 5.41) is 24.8. The average Bonchev–Trinajstić information content (AvgIpc) is 3.64. The van der Waals surface area contributed by atoms with Gasteiger partial charge in [0.1, 0.15) is 17.8 Å². The van der Waals surface area contributed by atoms with Crippen LogP contribution in [0.3, 0.4) is 0 Å². The largest absolute Gasteiger partial charge is 0.458 e. The highest BCUT2D eigenvalue weighted by Crippen LogP contribution is 2.68. The number of aliphatic hydroxyl groups is 2. The van der Waals surface area contributed by atoms with Crippen LogP contribution in [0.4, 0.5) is 0 Å². The first-order valence-corrected chi connectivity index (χ1v) is 15.7. The number of benzene rings is 2. The maximum atomic E-state index is 13.9. The molecule has 3 aromatic rings. The van der Waals surface area contributed by atoms with E-state index >= 15 is 0 Å². The van der Waals surface area contributed by atoms with Crippen LogP contribution in [0.25, 0.3) is 0 Å². The number of hydrogen-bond acceptors (Lipinski definition) is 12. The summed E-state index contributed by atoms with van der Waals surface area (Å²) in [5.74, 6) is -4.51. The number of carbonyl (C=O) groups excluding carboxylic acids is 4. The second-order valence-electron chi connectivity index (χ2n) is 13.6. The third-order valence-corrected chi connectivity index (χ3v) is 10.1. The maximum absolute atomic E-state index is 13.9. The minimum absolute atomic E-state index is 0.148. The molecule has 3 aliphatic rings. The first kappa shape index (κ1) is 33.4. The zero-order chi connectivity index (χ0) is 34.6. The Morgan fingerprint density at radius 3 is 1.88 bits per heavy atom. The third kappa shape index (κ3) is 5.10. The molecule has 2 aromatic carbocycles. The molecule has 2 aliphatic carbocycles. The van der Waals surface area contributed by atoms with Crippen molar-refractivity contribution in [3.05, 3.63) is 95.9 Å². The van der Waals surface area contributed by atoms with Gasteiger partial charge in [0.2, 0.25) is 5.76 Å². The van der Waals surface area contributed by atoms with Crippen LogP contribution in [-0.2, 0) is 28.5 Å². The summed E-state index contributed by atoms with van der Waals surface area (Å²) in [6.45, 7) is 7.40. The van der Waals surface area contributed by atoms with E-state index < -0.39 is 82.5 Å². The lowest BCUT2D eigenvalue weighted by molar-refractivity contribution is -0.349. The van der Waals surface area contributed by atoms with Crippen molar-refractivity contribution in [1.82, 2.24) is 0 Å². The Morgan fingerprint density at radius 2 is 1.33 bits per heavy atom. The van der Waals surface area contributed by atoms with Crippen molar-refractivity contribution < 1.29 is 57.5 Å². The van der Waals surface area contributed by atoms with Crippen LogP contribution >= 0.6 is 0 Å². The summed E-state index contributed by atoms with van der Waals surface area (Å²) in [6, 6.07) is 19.1. The summed E-state index contributed by atoms with van der Waals surface area (Å²) in [7, 11) is 0. The lowest BCUT2D eigenvalue weighted by Gasteiger charge is -2.65. The number of aliphatic hydroxyl groups excluding tert-OH is 1. The van der Waals surface area contributed by atoms with Gasteiger partial charge >= 0.3 is 23.9 Å². The molecule has 1 saturated heterocycles. The van der Waals surface area contributed by atoms with Crippen molar-refractivity contribution in [2.24, 2.45) is 11.3 Å². The molecule has 48 heavy (non-hydrogen) atoms. The molecule has 2 bridgehead atoms. The van der Waals surface area contributed by atoms with E-state index in [9.17, 15) is 29.4 Å². The molecule has 0 radical (unpaired) electrons. The molecular formula is C36H38O12. The van der Waals surface area contributed by atoms with E-state index in [4.69, 9.17) is 28.1 Å². The first-order chi connectivity index (χ1) is 22.6. The van der Waals surface area contributed by atoms with E-state index in [1.54, 1.807) is 62.4 Å². The highest BCUT2D eigenvalue weighted by Gasteiger charge is 2.86. The van der Waals surface area contributed by atoms with E-state index in [1.165, 1.54) is 44.4 Å². The highest BCUT2D eigenvalue weighted by molar-refractivity contribution is 5.90. The Morgan fingerprint density at radius 1 is 0.750 bits per heavy atom. The minimum Gasteiger partial charge on any atom is -0.458 e. The Balaban J connectivity index is 1.56. The molecule has 254 valence electrons. The van der Waals surface area contributed by atoms with Crippen LogP contribution in [0, 0.1) is 11.3 Å². The normalized spacial score (nSPS) is 34.7. The first-order valence-electron chi connectivity index (χ1n) is 15.7. The summed E-state index contributed by atoms with van der Waals surface area (Å²) < 4.78 is 36.2. The summed E-state index contributed by atoms with van der Waals surface area (Å²) in [5.41, 5.74) is -6.91. The molecule has 1 aromatic heterocycles. The van der Waals surface area contributed by atoms with Crippen molar-refractivity contribution >= 4 is 23.9 Å². The molecule has 12 heteroatoms. The van der Waals surface area contributed by atoms with Crippen LogP contribution < -0.4 is 0 Å². The predicted molar refractivity (Wildman–Crippen MR) is 165 cm³/mol. The monoisotopic (exact) mass is 662 g/mol. The van der Waals surface area contributed by atoms with E-state index in [0.29, 0.717) is 0 Å². The lowest BCUT2D eigenvalue weighted by Crippen LogP contribution is -2.83. The van der Waals surface area contributed by atoms with E-state index in [1.807, 2.05) is 0 Å². The fraction of sp³-hybridized carbons (Fsp3) is 0.444. The quantitative estimate of drug-likeness (QED) is 0.277. The Bertz CT molecular complexity index is 1680. The number of rotatable bonds is 7. The van der Waals surface area contributed by atoms with Crippen molar-refractivity contribution in [3.63, 3.8) is 0 Å². The maximum Gasteiger partial charge on any atom is 0.374 e. The molecular weight excluding hydrogens is 624 g/mol. The molecule has 6 rings (SSSR count). The van der Waals surface area contributed by atoms with Gasteiger partial charge < -0.3 is 38.3 Å². The SMILES string of the molecule is CC(=O)OC1C(OC(=O)c2ccco2)C[C@@](C)(O)[C@]23OC(C)(C)[C@H](C(OC(=O)c4ccccc4)C(OC(=O)c4ccccc4)[C@]12C)C3O. The van der Waals surface area contributed by atoms with Crippen molar-refractivity contribution in [2.75, 3.05) is 0 Å². The molecule has 2 N–H and O–H groups in total. The third-order valence-electron chi connectivity index (χ3n) is 10.1. The molecule has 12 nitrogen and oxygen atoms in total. The van der Waals surface area contributed by atoms with Gasteiger partial charge in [-0.25, -0.2) is 14.4 Å². The number of ether oxygens (including phenoxy) is 5. The molecule has 3 fully saturated rings. The Labute approximate surface area is 276 Å². The van der Waals surface area contributed by atoms with Gasteiger partial charge in [-0.3, -0.25) is 4.79 Å². The van der Waals surface area contributed by atoms with Gasteiger partial charge in [0.05, 0.1) is 46.0 Å². The second kappa shape index (κ2) is 11.9. The van der Waals surface area contributed by atoms with Crippen LogP contribution in [-0.4, -0.2) is 81.4 Å². The van der Waals surface area contributed by atoms with Gasteiger partial charge in [-0.1, -0.05) is 36.4 Å². The van der Waals surface area contributed by atoms with Gasteiger partial charge in [-0.2, -0.15) is 0 Å². The minimum atomic E-state index is -2.01. The number of carbonyl (C=O) groups is 4. The van der Waals surface area contributed by atoms with E-state index in [0.717, 1.165) is 6.92 Å². The number of hydrogen-bond donors (Lipinski definition) is 2. The van der Waals surface area contributed by atoms with Gasteiger partial charge in [0.15, 0.2) is 12.2 Å². The predicted octanol–water partition coefficient (Wildman–Crippen LogP) is 3.89. The van der Waals surface area contributed by atoms with Gasteiger partial charge in [0.25, 0.3) is 0 Å². The number of esters is 4. The summed E-state index contributed by atoms with van der Waals surface area (Å²) >= 11 is 0. The van der Waals surface area contributed by atoms with Crippen molar-refractivity contribution in [1.29, 1.82) is 0 Å². The highest BCUT2D eigenvalue weighted by atomic mass is 16.6. The van der Waals surface area contributed by atoms with Crippen molar-refractivity contribution in [3.8, 4) is 0 Å². The molecule has 0 amide bonds. The molecule has 2 heterocycles. The van der Waals surface area contributed by atoms with E-state index in [2.05, 4.69) is 0 Å². The Kier molecular flexibility index (Phi) is 8.25. The zero-order valence-corrected chi connectivity index (χ0v) is 27.2. The summed E-state index contributed by atoms with van der Waals surface area (Å²) in [6.07, 6.45) is -6.47. The topological polar surface area (TPSA) is 168 Å². The molecule has 5 unspecified atom stereocenters. The van der Waals surface area contributed by atoms with E-state index in [-0.39, 0.29) is 23.3 Å². The van der Waals surface area contributed by atoms with Gasteiger partial charge in [0, 0.05) is 13.3 Å². The standard InChI is InChI=1S/C36H38O12/c1-20(37)44-28-24(45-32(41)23-17-12-18-43-23)19-34(4,42)36-27(38)25(33(2,3)48-36)26(46-30(39)21-13-8-6-9-14-21)29(35(28,36)5)47-31(40)22-15-10-7-11-16-22/h6-18,24-29,38,42H,19H2,1-5H3/t24?,25-,26?,27?,28?,29?,34-,35+,36+/m1/s1. The second-order valence-corrected chi connectivity index (χ2v) is 13.6. The fourth-order valence-electron chi connectivity index (χ4n) is 8.26. The lowest BCUT2D eigenvalue weighted by atomic mass is 9.46. The van der Waals surface area contributed by atoms with Crippen LogP contribution in [0.15, 0.2) is 83.5 Å². The fourth-order valence-corrected chi connectivity index (χ4v) is 8.26. The smallest absolute Gasteiger partial charge is 0.374 e. The van der Waals surface area contributed by atoms with Gasteiger partial charge in [-0.15, -0.1) is 0 Å². The van der Waals surface area contributed by atoms with Crippen molar-refractivity contribution in [2.45, 2.75) is 88.4 Å². The van der Waals surface area contributed by atoms with Crippen LogP contribution in [0.2, 0.25) is 0 Å². The average molecular weight is 663 g/mol. The molecule has 1 aliphatic heterocycles. The number of furan rings is 1. The molecule has 9 atom stereocenters.